The summed E-state index contributed by atoms with van der Waals surface area (Å²) >= 11 is 2.10. The fraction of sp³-hybridized carbons (Fsp3) is 0.258. The van der Waals surface area contributed by atoms with Gasteiger partial charge in [-0.3, -0.25) is 24.2 Å². The number of nitrogens with two attached hydrogens (primary N) is 1. The number of imide groups is 1. The van der Waals surface area contributed by atoms with E-state index in [9.17, 15) is 29.1 Å². The minimum absolute atomic E-state index is 0.0112. The van der Waals surface area contributed by atoms with Gasteiger partial charge in [-0.2, -0.15) is 0 Å². The molecular formula is C31H30IN5O7. The lowest BCUT2D eigenvalue weighted by molar-refractivity contribution is -0.133. The molecule has 3 aromatic carbocycles. The Kier molecular flexibility index (Phi) is 9.04. The lowest BCUT2D eigenvalue weighted by Crippen LogP contribution is -2.58. The van der Waals surface area contributed by atoms with Gasteiger partial charge < -0.3 is 20.9 Å². The smallest absolute Gasteiger partial charge is 0.408 e. The number of methoxy groups -OCH3 is 1. The monoisotopic (exact) mass is 711 g/mol. The van der Waals surface area contributed by atoms with Crippen LogP contribution in [0.4, 0.5) is 15.3 Å². The Morgan fingerprint density at radius 3 is 2.30 bits per heavy atom. The van der Waals surface area contributed by atoms with E-state index >= 15 is 0 Å². The minimum atomic E-state index is -1.51. The van der Waals surface area contributed by atoms with E-state index in [0.29, 0.717) is 11.4 Å². The van der Waals surface area contributed by atoms with Crippen molar-refractivity contribution in [2.45, 2.75) is 24.8 Å². The highest BCUT2D eigenvalue weighted by Crippen LogP contribution is 2.45. The number of carbonyl (C=O) groups is 5. The highest BCUT2D eigenvalue weighted by atomic mass is 127. The molecule has 0 radical (unpaired) electrons. The van der Waals surface area contributed by atoms with Crippen molar-refractivity contribution in [1.82, 2.24) is 15.1 Å². The number of ether oxygens (including phenoxy) is 1. The molecule has 0 aromatic heterocycles. The molecule has 0 spiro atoms. The third-order valence-electron chi connectivity index (χ3n) is 7.82. The number of fused-ring (bicyclic) bond motifs is 3. The van der Waals surface area contributed by atoms with Crippen molar-refractivity contribution in [3.63, 3.8) is 0 Å². The SMILES string of the molecule is COc1ccc(I)cc1N1CCC(=O)N(CNC(=O)[C@H](CC(N)=O)N(CC2c3ccccc3-c3ccccc32)C(=O)O)C1=O. The average Bonchev–Trinajstić information content (AvgIpc) is 3.31. The molecule has 1 atom stereocenters. The molecule has 6 amide bonds. The Hall–Kier alpha value is -4.66. The van der Waals surface area contributed by atoms with Crippen LogP contribution in [-0.4, -0.2) is 77.7 Å². The van der Waals surface area contributed by atoms with Gasteiger partial charge >= 0.3 is 12.1 Å². The number of hydrogen-bond acceptors (Lipinski definition) is 6. The molecule has 44 heavy (non-hydrogen) atoms. The van der Waals surface area contributed by atoms with Crippen LogP contribution in [0.25, 0.3) is 11.1 Å². The first-order chi connectivity index (χ1) is 21.1. The van der Waals surface area contributed by atoms with E-state index in [1.165, 1.54) is 12.0 Å². The first-order valence-corrected chi connectivity index (χ1v) is 14.9. The van der Waals surface area contributed by atoms with Crippen molar-refractivity contribution in [2.75, 3.05) is 31.8 Å². The lowest BCUT2D eigenvalue weighted by Gasteiger charge is -2.35. The van der Waals surface area contributed by atoms with Gasteiger partial charge in [0.05, 0.1) is 19.2 Å². The molecule has 1 fully saturated rings. The molecule has 228 valence electrons. The van der Waals surface area contributed by atoms with Crippen molar-refractivity contribution >= 4 is 58.1 Å². The number of rotatable bonds is 10. The van der Waals surface area contributed by atoms with E-state index in [1.54, 1.807) is 12.1 Å². The van der Waals surface area contributed by atoms with Gasteiger partial charge in [-0.25, -0.2) is 14.5 Å². The van der Waals surface area contributed by atoms with E-state index in [-0.39, 0.29) is 19.5 Å². The largest absolute Gasteiger partial charge is 0.495 e. The number of carbonyl (C=O) groups excluding carboxylic acids is 4. The molecule has 2 aliphatic rings. The highest BCUT2D eigenvalue weighted by molar-refractivity contribution is 14.1. The van der Waals surface area contributed by atoms with Crippen molar-refractivity contribution in [1.29, 1.82) is 0 Å². The molecule has 0 saturated carbocycles. The third-order valence-corrected chi connectivity index (χ3v) is 8.49. The van der Waals surface area contributed by atoms with Gasteiger partial charge in [0, 0.05) is 29.0 Å². The number of hydrogen-bond donors (Lipinski definition) is 3. The zero-order chi connectivity index (χ0) is 31.5. The second kappa shape index (κ2) is 12.9. The zero-order valence-corrected chi connectivity index (χ0v) is 25.9. The first kappa shape index (κ1) is 30.8. The van der Waals surface area contributed by atoms with Gasteiger partial charge in [0.2, 0.25) is 17.7 Å². The number of benzene rings is 3. The molecule has 3 aromatic rings. The number of amides is 6. The van der Waals surface area contributed by atoms with Gasteiger partial charge in [0.1, 0.15) is 18.5 Å². The topological polar surface area (TPSA) is 163 Å². The normalized spacial score (nSPS) is 15.0. The van der Waals surface area contributed by atoms with E-state index in [0.717, 1.165) is 35.6 Å². The van der Waals surface area contributed by atoms with Crippen molar-refractivity contribution in [3.8, 4) is 16.9 Å². The van der Waals surface area contributed by atoms with Crippen LogP contribution < -0.4 is 20.7 Å². The number of anilines is 1. The predicted molar refractivity (Wildman–Crippen MR) is 169 cm³/mol. The van der Waals surface area contributed by atoms with E-state index in [2.05, 4.69) is 27.9 Å². The summed E-state index contributed by atoms with van der Waals surface area (Å²) in [5, 5.41) is 12.8. The fourth-order valence-corrected chi connectivity index (χ4v) is 6.22. The van der Waals surface area contributed by atoms with Crippen LogP contribution in [0.3, 0.4) is 0 Å². The van der Waals surface area contributed by atoms with Crippen LogP contribution in [0, 0.1) is 3.57 Å². The summed E-state index contributed by atoms with van der Waals surface area (Å²) in [6.07, 6.45) is -2.03. The second-order valence-electron chi connectivity index (χ2n) is 10.4. The molecule has 4 N–H and O–H groups in total. The Morgan fingerprint density at radius 1 is 1.07 bits per heavy atom. The second-order valence-corrected chi connectivity index (χ2v) is 11.6. The number of carboxylic acid groups (broad SMARTS) is 1. The number of nitrogens with one attached hydrogen (secondary N) is 1. The summed E-state index contributed by atoms with van der Waals surface area (Å²) < 4.78 is 6.25. The highest BCUT2D eigenvalue weighted by Gasteiger charge is 2.39. The number of primary amides is 1. The molecule has 1 aliphatic heterocycles. The molecule has 13 heteroatoms. The quantitative estimate of drug-likeness (QED) is 0.271. The summed E-state index contributed by atoms with van der Waals surface area (Å²) in [7, 11) is 1.47. The van der Waals surface area contributed by atoms with Crippen molar-refractivity contribution in [3.05, 3.63) is 81.4 Å². The molecular weight excluding hydrogens is 681 g/mol. The van der Waals surface area contributed by atoms with Gasteiger partial charge in [0.15, 0.2) is 0 Å². The summed E-state index contributed by atoms with van der Waals surface area (Å²) in [5.41, 5.74) is 9.65. The standard InChI is InChI=1S/C31H30IN5O7/c1-44-26-11-10-18(32)14-24(26)35-13-12-28(39)37(30(35)41)17-34-29(40)25(15-27(33)38)36(31(42)43)16-23-21-8-4-2-6-19(21)20-7-3-5-9-22(20)23/h2-11,14,23,25H,12-13,15-17H2,1H3,(H2,33,38)(H,34,40)(H,42,43)/t25-/m0/s1. The fourth-order valence-electron chi connectivity index (χ4n) is 5.75. The maximum absolute atomic E-state index is 13.5. The van der Waals surface area contributed by atoms with Crippen LogP contribution in [0.1, 0.15) is 29.9 Å². The van der Waals surface area contributed by atoms with Gasteiger partial charge in [-0.05, 0) is 63.0 Å². The molecule has 12 nitrogen and oxygen atoms in total. The predicted octanol–water partition coefficient (Wildman–Crippen LogP) is 3.57. The Bertz CT molecular complexity index is 1600. The first-order valence-electron chi connectivity index (χ1n) is 13.8. The summed E-state index contributed by atoms with van der Waals surface area (Å²) in [6, 6.07) is 18.3. The van der Waals surface area contributed by atoms with E-state index < -0.39 is 54.9 Å². The summed E-state index contributed by atoms with van der Waals surface area (Å²) in [4.78, 5) is 67.5. The maximum atomic E-state index is 13.5. The average molecular weight is 712 g/mol. The molecule has 5 rings (SSSR count). The van der Waals surface area contributed by atoms with Gasteiger partial charge in [0.25, 0.3) is 0 Å². The maximum Gasteiger partial charge on any atom is 0.408 e. The van der Waals surface area contributed by atoms with E-state index in [4.69, 9.17) is 10.5 Å². The molecule has 0 unspecified atom stereocenters. The minimum Gasteiger partial charge on any atom is -0.495 e. The van der Waals surface area contributed by atoms with Gasteiger partial charge in [-0.15, -0.1) is 0 Å². The van der Waals surface area contributed by atoms with Crippen LogP contribution >= 0.6 is 22.6 Å². The van der Waals surface area contributed by atoms with Crippen LogP contribution in [-0.2, 0) is 14.4 Å². The van der Waals surface area contributed by atoms with Crippen molar-refractivity contribution < 1.29 is 33.8 Å². The zero-order valence-electron chi connectivity index (χ0n) is 23.7. The molecule has 1 heterocycles. The van der Waals surface area contributed by atoms with Crippen molar-refractivity contribution in [2.24, 2.45) is 5.73 Å². The Morgan fingerprint density at radius 2 is 1.70 bits per heavy atom. The lowest BCUT2D eigenvalue weighted by atomic mass is 9.95. The summed E-state index contributed by atoms with van der Waals surface area (Å²) in [6.45, 7) is -0.548. The summed E-state index contributed by atoms with van der Waals surface area (Å²) in [5.74, 6) is -2.23. The van der Waals surface area contributed by atoms with E-state index in [1.807, 2.05) is 54.6 Å². The van der Waals surface area contributed by atoms with Crippen LogP contribution in [0.2, 0.25) is 0 Å². The van der Waals surface area contributed by atoms with Gasteiger partial charge in [-0.1, -0.05) is 48.5 Å². The number of halogens is 1. The van der Waals surface area contributed by atoms with Crippen LogP contribution in [0.15, 0.2) is 66.7 Å². The number of nitrogens with zero attached hydrogens (tertiary/aromatic N) is 3. The Balaban J connectivity index is 1.37. The third kappa shape index (κ3) is 6.04. The Labute approximate surface area is 266 Å². The molecule has 0 bridgehead atoms. The number of urea groups is 1. The molecule has 1 aliphatic carbocycles. The van der Waals surface area contributed by atoms with Crippen LogP contribution in [0.5, 0.6) is 5.75 Å². The molecule has 1 saturated heterocycles.